The van der Waals surface area contributed by atoms with Crippen LogP contribution in [0.5, 0.6) is 0 Å². The molecule has 142 valence electrons. The first-order valence-corrected chi connectivity index (χ1v) is 8.55. The van der Waals surface area contributed by atoms with E-state index in [1.165, 1.54) is 30.0 Å². The van der Waals surface area contributed by atoms with Gasteiger partial charge in [-0.05, 0) is 30.7 Å². The summed E-state index contributed by atoms with van der Waals surface area (Å²) in [6.07, 6.45) is 0. The van der Waals surface area contributed by atoms with Gasteiger partial charge >= 0.3 is 5.97 Å². The number of hydrogen-bond donors (Lipinski definition) is 0. The van der Waals surface area contributed by atoms with Crippen LogP contribution < -0.4 is 0 Å². The molecular weight excluding hydrogens is 395 g/mol. The molecular formula is C18H16Cl2N2O5. The third-order valence-electron chi connectivity index (χ3n) is 3.88. The second-order valence-corrected chi connectivity index (χ2v) is 6.60. The lowest BCUT2D eigenvalue weighted by atomic mass is 10.1. The lowest BCUT2D eigenvalue weighted by Crippen LogP contribution is -2.31. The Morgan fingerprint density at radius 2 is 1.89 bits per heavy atom. The highest BCUT2D eigenvalue weighted by Gasteiger charge is 2.20. The van der Waals surface area contributed by atoms with E-state index in [-0.39, 0.29) is 23.4 Å². The Bertz CT molecular complexity index is 901. The lowest BCUT2D eigenvalue weighted by molar-refractivity contribution is -0.385. The molecule has 0 spiro atoms. The van der Waals surface area contributed by atoms with E-state index in [1.54, 1.807) is 25.2 Å². The average molecular weight is 411 g/mol. The highest BCUT2D eigenvalue weighted by atomic mass is 35.5. The van der Waals surface area contributed by atoms with E-state index in [9.17, 15) is 19.7 Å². The molecule has 2 rings (SSSR count). The van der Waals surface area contributed by atoms with Gasteiger partial charge in [-0.2, -0.15) is 0 Å². The minimum absolute atomic E-state index is 0.0455. The van der Waals surface area contributed by atoms with Crippen molar-refractivity contribution in [2.45, 2.75) is 13.5 Å². The molecule has 9 heteroatoms. The Morgan fingerprint density at radius 3 is 2.52 bits per heavy atom. The zero-order valence-electron chi connectivity index (χ0n) is 14.6. The van der Waals surface area contributed by atoms with Crippen LogP contribution in [0.1, 0.15) is 21.5 Å². The van der Waals surface area contributed by atoms with Crippen molar-refractivity contribution < 1.29 is 19.2 Å². The van der Waals surface area contributed by atoms with Crippen LogP contribution in [0.15, 0.2) is 36.4 Å². The number of benzene rings is 2. The molecule has 0 atom stereocenters. The highest BCUT2D eigenvalue weighted by Crippen LogP contribution is 2.23. The lowest BCUT2D eigenvalue weighted by Gasteiger charge is -2.17. The van der Waals surface area contributed by atoms with Crippen molar-refractivity contribution in [1.29, 1.82) is 0 Å². The van der Waals surface area contributed by atoms with Gasteiger partial charge in [0.2, 0.25) is 0 Å². The molecule has 0 bridgehead atoms. The quantitative estimate of drug-likeness (QED) is 0.407. The molecule has 0 saturated carbocycles. The number of esters is 1. The monoisotopic (exact) mass is 410 g/mol. The molecule has 1 amide bonds. The summed E-state index contributed by atoms with van der Waals surface area (Å²) < 4.78 is 5.01. The van der Waals surface area contributed by atoms with Crippen LogP contribution in [-0.4, -0.2) is 35.4 Å². The van der Waals surface area contributed by atoms with E-state index in [0.29, 0.717) is 10.0 Å². The Hall–Kier alpha value is -2.64. The fourth-order valence-electron chi connectivity index (χ4n) is 2.36. The molecule has 2 aromatic rings. The third-order valence-corrected chi connectivity index (χ3v) is 4.62. The minimum Gasteiger partial charge on any atom is -0.452 e. The topological polar surface area (TPSA) is 89.8 Å². The molecule has 2 aromatic carbocycles. The van der Waals surface area contributed by atoms with Gasteiger partial charge in [0.25, 0.3) is 11.6 Å². The van der Waals surface area contributed by atoms with E-state index in [1.807, 2.05) is 0 Å². The molecule has 0 aromatic heterocycles. The van der Waals surface area contributed by atoms with Crippen LogP contribution in [0.3, 0.4) is 0 Å². The molecule has 0 aliphatic rings. The van der Waals surface area contributed by atoms with Crippen molar-refractivity contribution in [3.8, 4) is 0 Å². The van der Waals surface area contributed by atoms with Gasteiger partial charge in [0.15, 0.2) is 6.61 Å². The standard InChI is InChI=1S/C18H16Cl2N2O5/c1-11-13(4-3-5-16(11)22(25)26)18(24)27-10-17(23)21(2)9-12-6-7-14(19)15(20)8-12/h3-8H,9-10H2,1-2H3. The summed E-state index contributed by atoms with van der Waals surface area (Å²) in [4.78, 5) is 36.1. The predicted octanol–water partition coefficient (Wildman–Crippen LogP) is 4.03. The number of likely N-dealkylation sites (N-methyl/N-ethyl adjacent to an activating group) is 1. The fraction of sp³-hybridized carbons (Fsp3) is 0.222. The van der Waals surface area contributed by atoms with Crippen LogP contribution in [0.25, 0.3) is 0 Å². The van der Waals surface area contributed by atoms with Gasteiger partial charge in [-0.15, -0.1) is 0 Å². The SMILES string of the molecule is Cc1c(C(=O)OCC(=O)N(C)Cc2ccc(Cl)c(Cl)c2)cccc1[N+](=O)[O-]. The zero-order valence-corrected chi connectivity index (χ0v) is 16.1. The first-order chi connectivity index (χ1) is 12.7. The maximum absolute atomic E-state index is 12.2. The Morgan fingerprint density at radius 1 is 1.19 bits per heavy atom. The Labute approximate surface area is 165 Å². The summed E-state index contributed by atoms with van der Waals surface area (Å²) in [5.41, 5.74) is 0.807. The molecule has 0 fully saturated rings. The summed E-state index contributed by atoms with van der Waals surface area (Å²) in [6, 6.07) is 9.10. The van der Waals surface area contributed by atoms with Gasteiger partial charge in [0, 0.05) is 25.2 Å². The van der Waals surface area contributed by atoms with Gasteiger partial charge in [0.1, 0.15) is 0 Å². The first kappa shape index (κ1) is 20.7. The van der Waals surface area contributed by atoms with Gasteiger partial charge in [-0.1, -0.05) is 35.3 Å². The molecule has 0 heterocycles. The van der Waals surface area contributed by atoms with E-state index < -0.39 is 23.4 Å². The predicted molar refractivity (Wildman–Crippen MR) is 101 cm³/mol. The number of rotatable bonds is 6. The second-order valence-electron chi connectivity index (χ2n) is 5.78. The van der Waals surface area contributed by atoms with E-state index in [2.05, 4.69) is 0 Å². The largest absolute Gasteiger partial charge is 0.452 e. The van der Waals surface area contributed by atoms with E-state index >= 15 is 0 Å². The van der Waals surface area contributed by atoms with Crippen molar-refractivity contribution in [3.63, 3.8) is 0 Å². The van der Waals surface area contributed by atoms with Crippen LogP contribution in [-0.2, 0) is 16.1 Å². The smallest absolute Gasteiger partial charge is 0.339 e. The van der Waals surface area contributed by atoms with Gasteiger partial charge in [0.05, 0.1) is 20.5 Å². The summed E-state index contributed by atoms with van der Waals surface area (Å²) in [6.45, 7) is 1.22. The van der Waals surface area contributed by atoms with Crippen LogP contribution in [0.4, 0.5) is 5.69 Å². The van der Waals surface area contributed by atoms with Crippen molar-refractivity contribution in [3.05, 3.63) is 73.2 Å². The molecule has 7 nitrogen and oxygen atoms in total. The minimum atomic E-state index is -0.799. The maximum atomic E-state index is 12.2. The number of ether oxygens (including phenoxy) is 1. The number of nitro groups is 1. The number of nitro benzene ring substituents is 1. The number of halogens is 2. The average Bonchev–Trinajstić information content (AvgIpc) is 2.62. The van der Waals surface area contributed by atoms with E-state index in [4.69, 9.17) is 27.9 Å². The zero-order chi connectivity index (χ0) is 20.1. The maximum Gasteiger partial charge on any atom is 0.339 e. The first-order valence-electron chi connectivity index (χ1n) is 7.79. The number of amides is 1. The van der Waals surface area contributed by atoms with Gasteiger partial charge in [-0.3, -0.25) is 14.9 Å². The Kier molecular flexibility index (Phi) is 6.76. The molecule has 0 N–H and O–H groups in total. The summed E-state index contributed by atoms with van der Waals surface area (Å²) in [5, 5.41) is 11.7. The molecule has 0 aliphatic heterocycles. The molecule has 0 unspecified atom stereocenters. The fourth-order valence-corrected chi connectivity index (χ4v) is 2.68. The molecule has 27 heavy (non-hydrogen) atoms. The second kappa shape index (κ2) is 8.83. The summed E-state index contributed by atoms with van der Waals surface area (Å²) in [5.74, 6) is -1.23. The number of carbonyl (C=O) groups is 2. The highest BCUT2D eigenvalue weighted by molar-refractivity contribution is 6.42. The summed E-state index contributed by atoms with van der Waals surface area (Å²) in [7, 11) is 1.55. The number of hydrogen-bond acceptors (Lipinski definition) is 5. The van der Waals surface area contributed by atoms with Crippen LogP contribution in [0.2, 0.25) is 10.0 Å². The summed E-state index contributed by atoms with van der Waals surface area (Å²) >= 11 is 11.8. The van der Waals surface area contributed by atoms with Crippen molar-refractivity contribution in [2.24, 2.45) is 0 Å². The van der Waals surface area contributed by atoms with Gasteiger partial charge in [-0.25, -0.2) is 4.79 Å². The number of carbonyl (C=O) groups excluding carboxylic acids is 2. The number of nitrogens with zero attached hydrogens (tertiary/aromatic N) is 2. The Balaban J connectivity index is 1.98. The molecule has 0 radical (unpaired) electrons. The van der Waals surface area contributed by atoms with Crippen LogP contribution in [0, 0.1) is 17.0 Å². The van der Waals surface area contributed by atoms with Crippen molar-refractivity contribution in [1.82, 2.24) is 4.90 Å². The third kappa shape index (κ3) is 5.18. The molecule has 0 saturated heterocycles. The van der Waals surface area contributed by atoms with Gasteiger partial charge < -0.3 is 9.64 Å². The van der Waals surface area contributed by atoms with Crippen molar-refractivity contribution in [2.75, 3.05) is 13.7 Å². The van der Waals surface area contributed by atoms with Crippen molar-refractivity contribution >= 4 is 40.8 Å². The normalized spacial score (nSPS) is 10.4. The molecule has 0 aliphatic carbocycles. The van der Waals surface area contributed by atoms with E-state index in [0.717, 1.165) is 5.56 Å². The van der Waals surface area contributed by atoms with Crippen LogP contribution >= 0.6 is 23.2 Å².